The van der Waals surface area contributed by atoms with Crippen LogP contribution in [0.3, 0.4) is 0 Å². The first kappa shape index (κ1) is 15.3. The summed E-state index contributed by atoms with van der Waals surface area (Å²) in [5.74, 6) is -0.225. The highest BCUT2D eigenvalue weighted by Crippen LogP contribution is 2.23. The molecule has 0 radical (unpaired) electrons. The molecule has 1 aromatic carbocycles. The number of nitrogens with one attached hydrogen (secondary N) is 1. The van der Waals surface area contributed by atoms with Gasteiger partial charge in [0.05, 0.1) is 11.3 Å². The summed E-state index contributed by atoms with van der Waals surface area (Å²) in [6, 6.07) is 9.49. The van der Waals surface area contributed by atoms with E-state index in [9.17, 15) is 10.1 Å². The van der Waals surface area contributed by atoms with Crippen molar-refractivity contribution in [3.05, 3.63) is 51.8 Å². The lowest BCUT2D eigenvalue weighted by Crippen LogP contribution is -2.18. The molecule has 4 nitrogen and oxygen atoms in total. The molecule has 0 aliphatic rings. The fourth-order valence-electron chi connectivity index (χ4n) is 2.16. The summed E-state index contributed by atoms with van der Waals surface area (Å²) in [4.78, 5) is 12.5. The summed E-state index contributed by atoms with van der Waals surface area (Å²) in [5.41, 5.74) is 2.43. The second kappa shape index (κ2) is 6.15. The van der Waals surface area contributed by atoms with Crippen molar-refractivity contribution in [2.45, 2.75) is 26.8 Å². The van der Waals surface area contributed by atoms with Gasteiger partial charge < -0.3 is 9.88 Å². The second-order valence-corrected chi connectivity index (χ2v) is 6.02. The quantitative estimate of drug-likeness (QED) is 0.903. The average molecular weight is 346 g/mol. The zero-order valence-electron chi connectivity index (χ0n) is 12.1. The number of nitrogens with zero attached hydrogens (tertiary/aromatic N) is 2. The molecule has 0 aliphatic heterocycles. The van der Waals surface area contributed by atoms with Gasteiger partial charge in [0.2, 0.25) is 0 Å². The second-order valence-electron chi connectivity index (χ2n) is 5.11. The Bertz CT molecular complexity index is 726. The van der Waals surface area contributed by atoms with E-state index >= 15 is 0 Å². The fraction of sp³-hybridized carbons (Fsp3) is 0.250. The highest BCUT2D eigenvalue weighted by atomic mass is 79.9. The Morgan fingerprint density at radius 1 is 1.43 bits per heavy atom. The summed E-state index contributed by atoms with van der Waals surface area (Å²) in [6.45, 7) is 5.87. The number of halogens is 1. The van der Waals surface area contributed by atoms with Gasteiger partial charge in [0.1, 0.15) is 11.8 Å². The monoisotopic (exact) mass is 345 g/mol. The van der Waals surface area contributed by atoms with E-state index in [4.69, 9.17) is 0 Å². The molecule has 1 N–H and O–H groups in total. The van der Waals surface area contributed by atoms with Crippen LogP contribution in [0.15, 0.2) is 34.9 Å². The Balaban J connectivity index is 2.36. The van der Waals surface area contributed by atoms with Crippen LogP contribution < -0.4 is 5.32 Å². The topological polar surface area (TPSA) is 57.8 Å². The first-order valence-electron chi connectivity index (χ1n) is 6.62. The first-order valence-corrected chi connectivity index (χ1v) is 7.41. The Kier molecular flexibility index (Phi) is 4.49. The minimum absolute atomic E-state index is 0.171. The SMILES string of the molecule is Cc1cccc(NC(=O)c2cc(Br)cn2C(C)C)c1C#N. The number of aryl methyl sites for hydroxylation is 1. The number of anilines is 1. The van der Waals surface area contributed by atoms with Gasteiger partial charge in [-0.3, -0.25) is 4.79 Å². The summed E-state index contributed by atoms with van der Waals surface area (Å²) in [6.07, 6.45) is 1.88. The number of hydrogen-bond donors (Lipinski definition) is 1. The maximum absolute atomic E-state index is 12.5. The molecular weight excluding hydrogens is 330 g/mol. The third kappa shape index (κ3) is 3.17. The van der Waals surface area contributed by atoms with E-state index in [1.54, 1.807) is 12.1 Å². The number of nitriles is 1. The van der Waals surface area contributed by atoms with Crippen molar-refractivity contribution in [2.75, 3.05) is 5.32 Å². The highest BCUT2D eigenvalue weighted by molar-refractivity contribution is 9.10. The third-order valence-corrected chi connectivity index (χ3v) is 3.67. The Labute approximate surface area is 132 Å². The molecule has 1 heterocycles. The lowest BCUT2D eigenvalue weighted by atomic mass is 10.1. The molecule has 2 rings (SSSR count). The predicted molar refractivity (Wildman–Crippen MR) is 86.4 cm³/mol. The van der Waals surface area contributed by atoms with E-state index in [1.165, 1.54) is 0 Å². The Morgan fingerprint density at radius 2 is 2.14 bits per heavy atom. The normalized spacial score (nSPS) is 10.5. The molecule has 0 saturated heterocycles. The number of carbonyl (C=O) groups is 1. The molecule has 0 atom stereocenters. The molecule has 21 heavy (non-hydrogen) atoms. The fourth-order valence-corrected chi connectivity index (χ4v) is 2.60. The molecule has 0 aliphatic carbocycles. The van der Waals surface area contributed by atoms with Crippen molar-refractivity contribution in [3.63, 3.8) is 0 Å². The van der Waals surface area contributed by atoms with Gasteiger partial charge in [-0.15, -0.1) is 0 Å². The molecule has 5 heteroatoms. The summed E-state index contributed by atoms with van der Waals surface area (Å²) < 4.78 is 2.74. The molecule has 0 unspecified atom stereocenters. The average Bonchev–Trinajstić information content (AvgIpc) is 2.81. The zero-order chi connectivity index (χ0) is 15.6. The van der Waals surface area contributed by atoms with Gasteiger partial charge in [-0.25, -0.2) is 0 Å². The lowest BCUT2D eigenvalue weighted by Gasteiger charge is -2.13. The minimum atomic E-state index is -0.225. The van der Waals surface area contributed by atoms with E-state index in [-0.39, 0.29) is 11.9 Å². The van der Waals surface area contributed by atoms with Gasteiger partial charge in [-0.2, -0.15) is 5.26 Å². The largest absolute Gasteiger partial charge is 0.340 e. The van der Waals surface area contributed by atoms with Crippen molar-refractivity contribution >= 4 is 27.5 Å². The molecular formula is C16H16BrN3O. The van der Waals surface area contributed by atoms with Crippen molar-refractivity contribution in [3.8, 4) is 6.07 Å². The number of benzene rings is 1. The standard InChI is InChI=1S/C16H16BrN3O/c1-10(2)20-9-12(17)7-15(20)16(21)19-14-6-4-5-11(3)13(14)8-18/h4-7,9-10H,1-3H3,(H,19,21). The third-order valence-electron chi connectivity index (χ3n) is 3.24. The van der Waals surface area contributed by atoms with Crippen LogP contribution in [0, 0.1) is 18.3 Å². The predicted octanol–water partition coefficient (Wildman–Crippen LogP) is 4.26. The van der Waals surface area contributed by atoms with Crippen molar-refractivity contribution in [1.82, 2.24) is 4.57 Å². The molecule has 108 valence electrons. The van der Waals surface area contributed by atoms with Gasteiger partial charge in [-0.1, -0.05) is 12.1 Å². The molecule has 0 spiro atoms. The maximum Gasteiger partial charge on any atom is 0.272 e. The van der Waals surface area contributed by atoms with Crippen molar-refractivity contribution in [2.24, 2.45) is 0 Å². The zero-order valence-corrected chi connectivity index (χ0v) is 13.7. The Morgan fingerprint density at radius 3 is 2.76 bits per heavy atom. The van der Waals surface area contributed by atoms with E-state index in [0.717, 1.165) is 10.0 Å². The summed E-state index contributed by atoms with van der Waals surface area (Å²) in [5, 5.41) is 12.0. The summed E-state index contributed by atoms with van der Waals surface area (Å²) in [7, 11) is 0. The van der Waals surface area contributed by atoms with Crippen LogP contribution in [-0.4, -0.2) is 10.5 Å². The Hall–Kier alpha value is -2.06. The van der Waals surface area contributed by atoms with Gasteiger partial charge in [0.15, 0.2) is 0 Å². The van der Waals surface area contributed by atoms with E-state index in [0.29, 0.717) is 16.9 Å². The smallest absolute Gasteiger partial charge is 0.272 e. The number of rotatable bonds is 3. The lowest BCUT2D eigenvalue weighted by molar-refractivity contribution is 0.101. The van der Waals surface area contributed by atoms with Crippen LogP contribution in [-0.2, 0) is 0 Å². The minimum Gasteiger partial charge on any atom is -0.340 e. The van der Waals surface area contributed by atoms with Crippen LogP contribution >= 0.6 is 15.9 Å². The highest BCUT2D eigenvalue weighted by Gasteiger charge is 2.16. The first-order chi connectivity index (χ1) is 9.93. The van der Waals surface area contributed by atoms with Crippen LogP contribution in [0.25, 0.3) is 0 Å². The molecule has 0 bridgehead atoms. The number of aromatic nitrogens is 1. The van der Waals surface area contributed by atoms with E-state index in [1.807, 2.05) is 43.7 Å². The van der Waals surface area contributed by atoms with Gasteiger partial charge in [0.25, 0.3) is 5.91 Å². The van der Waals surface area contributed by atoms with Gasteiger partial charge in [0, 0.05) is 16.7 Å². The molecule has 0 fully saturated rings. The molecule has 1 amide bonds. The number of hydrogen-bond acceptors (Lipinski definition) is 2. The van der Waals surface area contributed by atoms with E-state index < -0.39 is 0 Å². The van der Waals surface area contributed by atoms with Crippen LogP contribution in [0.4, 0.5) is 5.69 Å². The van der Waals surface area contributed by atoms with Crippen LogP contribution in [0.1, 0.15) is 41.5 Å². The number of carbonyl (C=O) groups excluding carboxylic acids is 1. The van der Waals surface area contributed by atoms with E-state index in [2.05, 4.69) is 27.3 Å². The molecule has 2 aromatic rings. The summed E-state index contributed by atoms with van der Waals surface area (Å²) >= 11 is 3.39. The van der Waals surface area contributed by atoms with Crippen LogP contribution in [0.5, 0.6) is 0 Å². The number of amides is 1. The maximum atomic E-state index is 12.5. The van der Waals surface area contributed by atoms with Crippen molar-refractivity contribution < 1.29 is 4.79 Å². The van der Waals surface area contributed by atoms with Gasteiger partial charge >= 0.3 is 0 Å². The molecule has 0 saturated carbocycles. The van der Waals surface area contributed by atoms with Crippen molar-refractivity contribution in [1.29, 1.82) is 5.26 Å². The van der Waals surface area contributed by atoms with Crippen LogP contribution in [0.2, 0.25) is 0 Å². The molecule has 1 aromatic heterocycles. The van der Waals surface area contributed by atoms with Gasteiger partial charge in [-0.05, 0) is 54.4 Å².